The first-order valence-corrected chi connectivity index (χ1v) is 15.2. The molecule has 0 spiro atoms. The summed E-state index contributed by atoms with van der Waals surface area (Å²) in [6, 6.07) is 26.4. The van der Waals surface area contributed by atoms with E-state index in [1.165, 1.54) is 7.11 Å². The van der Waals surface area contributed by atoms with E-state index in [0.29, 0.717) is 25.6 Å². The molecule has 0 amide bonds. The van der Waals surface area contributed by atoms with Crippen LogP contribution >= 0.6 is 0 Å². The van der Waals surface area contributed by atoms with E-state index in [-0.39, 0.29) is 30.2 Å². The molecule has 43 heavy (non-hydrogen) atoms. The number of methoxy groups -OCH3 is 3. The summed E-state index contributed by atoms with van der Waals surface area (Å²) in [5, 5.41) is 0. The number of hydrogen-bond acceptors (Lipinski definition) is 7. The van der Waals surface area contributed by atoms with Crippen LogP contribution in [0, 0.1) is 17.8 Å². The van der Waals surface area contributed by atoms with Gasteiger partial charge in [0.1, 0.15) is 17.1 Å². The standard InChI is InChI=1S/C36H46O7/c1-25-26(2)33(43-35(27(25)3)41-23-11-10-14-34(37)40-6)24-42-36(28-12-8-7-9-13-28,29-15-19-31(38-4)20-16-29)30-17-21-32(39-5)22-18-30/h7-9,12-13,15-22,25-27,33,35H,10-11,14,23-24H2,1-6H3. The van der Waals surface area contributed by atoms with Crippen LogP contribution in [0.5, 0.6) is 11.5 Å². The molecule has 0 radical (unpaired) electrons. The Balaban J connectivity index is 1.63. The molecule has 1 saturated heterocycles. The lowest BCUT2D eigenvalue weighted by molar-refractivity contribution is -0.261. The zero-order chi connectivity index (χ0) is 30.8. The van der Waals surface area contributed by atoms with E-state index in [0.717, 1.165) is 41.0 Å². The Hall–Kier alpha value is -3.39. The zero-order valence-electron chi connectivity index (χ0n) is 26.3. The summed E-state index contributed by atoms with van der Waals surface area (Å²) in [7, 11) is 4.75. The molecule has 1 aliphatic heterocycles. The van der Waals surface area contributed by atoms with Gasteiger partial charge < -0.3 is 28.4 Å². The molecule has 7 heteroatoms. The van der Waals surface area contributed by atoms with E-state index < -0.39 is 5.60 Å². The van der Waals surface area contributed by atoms with Crippen molar-refractivity contribution in [1.29, 1.82) is 0 Å². The molecule has 7 nitrogen and oxygen atoms in total. The Bertz CT molecular complexity index is 1210. The predicted octanol–water partition coefficient (Wildman–Crippen LogP) is 7.01. The van der Waals surface area contributed by atoms with Crippen molar-refractivity contribution in [2.24, 2.45) is 17.8 Å². The van der Waals surface area contributed by atoms with E-state index in [1.807, 2.05) is 42.5 Å². The first-order chi connectivity index (χ1) is 20.8. The number of unbranched alkanes of at least 4 members (excludes halogenated alkanes) is 1. The number of benzene rings is 3. The summed E-state index contributed by atoms with van der Waals surface area (Å²) < 4.78 is 35.7. The van der Waals surface area contributed by atoms with Crippen LogP contribution in [-0.2, 0) is 29.3 Å². The molecule has 4 rings (SSSR count). The summed E-state index contributed by atoms with van der Waals surface area (Å²) >= 11 is 0. The van der Waals surface area contributed by atoms with Crippen LogP contribution in [0.15, 0.2) is 78.9 Å². The monoisotopic (exact) mass is 590 g/mol. The normalized spacial score (nSPS) is 22.1. The minimum absolute atomic E-state index is 0.189. The predicted molar refractivity (Wildman–Crippen MR) is 166 cm³/mol. The zero-order valence-corrected chi connectivity index (χ0v) is 26.3. The lowest BCUT2D eigenvalue weighted by atomic mass is 9.78. The summed E-state index contributed by atoms with van der Waals surface area (Å²) in [6.07, 6.45) is 1.33. The molecule has 0 bridgehead atoms. The van der Waals surface area contributed by atoms with Crippen LogP contribution in [0.25, 0.3) is 0 Å². The maximum absolute atomic E-state index is 11.5. The van der Waals surface area contributed by atoms with E-state index in [2.05, 4.69) is 57.2 Å². The second kappa shape index (κ2) is 15.4. The average Bonchev–Trinajstić information content (AvgIpc) is 3.06. The summed E-state index contributed by atoms with van der Waals surface area (Å²) in [5.41, 5.74) is 2.05. The van der Waals surface area contributed by atoms with Gasteiger partial charge in [0.15, 0.2) is 6.29 Å². The Morgan fingerprint density at radius 2 is 1.28 bits per heavy atom. The summed E-state index contributed by atoms with van der Waals surface area (Å²) in [4.78, 5) is 11.5. The minimum atomic E-state index is -0.917. The van der Waals surface area contributed by atoms with Crippen molar-refractivity contribution in [2.75, 3.05) is 34.5 Å². The maximum atomic E-state index is 11.5. The van der Waals surface area contributed by atoms with Crippen molar-refractivity contribution in [3.63, 3.8) is 0 Å². The molecule has 1 heterocycles. The second-order valence-corrected chi connectivity index (χ2v) is 11.3. The highest BCUT2D eigenvalue weighted by atomic mass is 16.7. The van der Waals surface area contributed by atoms with Crippen LogP contribution in [-0.4, -0.2) is 52.9 Å². The van der Waals surface area contributed by atoms with Gasteiger partial charge in [0.25, 0.3) is 0 Å². The van der Waals surface area contributed by atoms with Crippen molar-refractivity contribution in [3.05, 3.63) is 95.6 Å². The number of esters is 1. The number of carbonyl (C=O) groups is 1. The van der Waals surface area contributed by atoms with E-state index in [9.17, 15) is 4.79 Å². The van der Waals surface area contributed by atoms with Crippen LogP contribution < -0.4 is 9.47 Å². The Kier molecular flexibility index (Phi) is 11.6. The largest absolute Gasteiger partial charge is 0.497 e. The van der Waals surface area contributed by atoms with Crippen molar-refractivity contribution in [1.82, 2.24) is 0 Å². The van der Waals surface area contributed by atoms with Gasteiger partial charge in [-0.15, -0.1) is 0 Å². The summed E-state index contributed by atoms with van der Waals surface area (Å²) in [6.45, 7) is 7.54. The fourth-order valence-corrected chi connectivity index (χ4v) is 5.82. The molecule has 0 aromatic heterocycles. The third kappa shape index (κ3) is 7.58. The molecule has 0 aliphatic carbocycles. The quantitative estimate of drug-likeness (QED) is 0.114. The van der Waals surface area contributed by atoms with Crippen molar-refractivity contribution in [2.45, 2.75) is 58.0 Å². The maximum Gasteiger partial charge on any atom is 0.305 e. The highest BCUT2D eigenvalue weighted by molar-refractivity contribution is 5.68. The highest BCUT2D eigenvalue weighted by Crippen LogP contribution is 2.43. The molecule has 232 valence electrons. The van der Waals surface area contributed by atoms with Gasteiger partial charge in [-0.2, -0.15) is 0 Å². The average molecular weight is 591 g/mol. The fourth-order valence-electron chi connectivity index (χ4n) is 5.82. The Morgan fingerprint density at radius 1 is 0.721 bits per heavy atom. The molecule has 3 aromatic rings. The second-order valence-electron chi connectivity index (χ2n) is 11.3. The van der Waals surface area contributed by atoms with Gasteiger partial charge >= 0.3 is 5.97 Å². The van der Waals surface area contributed by atoms with Gasteiger partial charge in [-0.25, -0.2) is 0 Å². The van der Waals surface area contributed by atoms with Crippen molar-refractivity contribution in [3.8, 4) is 11.5 Å². The van der Waals surface area contributed by atoms with E-state index in [4.69, 9.17) is 28.4 Å². The molecule has 1 aliphatic rings. The third-order valence-corrected chi connectivity index (χ3v) is 8.91. The number of carbonyl (C=O) groups excluding carboxylic acids is 1. The number of ether oxygens (including phenoxy) is 6. The Labute approximate surface area is 256 Å². The SMILES string of the molecule is COC(=O)CCCCOC1OC(COC(c2ccccc2)(c2ccc(OC)cc2)c2ccc(OC)cc2)C(C)C(C)C1C. The fraction of sp³-hybridized carbons (Fsp3) is 0.472. The van der Waals surface area contributed by atoms with Crippen LogP contribution in [0.4, 0.5) is 0 Å². The number of hydrogen-bond donors (Lipinski definition) is 0. The Morgan fingerprint density at radius 3 is 1.81 bits per heavy atom. The minimum Gasteiger partial charge on any atom is -0.497 e. The highest BCUT2D eigenvalue weighted by Gasteiger charge is 2.43. The van der Waals surface area contributed by atoms with Gasteiger partial charge in [0.2, 0.25) is 0 Å². The van der Waals surface area contributed by atoms with Crippen molar-refractivity contribution >= 4 is 5.97 Å². The molecule has 5 unspecified atom stereocenters. The molecule has 1 fully saturated rings. The lowest BCUT2D eigenvalue weighted by Crippen LogP contribution is -2.49. The smallest absolute Gasteiger partial charge is 0.305 e. The molecular weight excluding hydrogens is 544 g/mol. The van der Waals surface area contributed by atoms with Crippen LogP contribution in [0.2, 0.25) is 0 Å². The van der Waals surface area contributed by atoms with Gasteiger partial charge in [-0.1, -0.05) is 75.4 Å². The van der Waals surface area contributed by atoms with Crippen LogP contribution in [0.1, 0.15) is 56.7 Å². The number of rotatable bonds is 14. The van der Waals surface area contributed by atoms with Gasteiger partial charge in [0, 0.05) is 18.9 Å². The van der Waals surface area contributed by atoms with E-state index >= 15 is 0 Å². The molecular formula is C36H46O7. The first kappa shape index (κ1) is 32.5. The van der Waals surface area contributed by atoms with Gasteiger partial charge in [-0.3, -0.25) is 4.79 Å². The van der Waals surface area contributed by atoms with E-state index in [1.54, 1.807) is 14.2 Å². The molecule has 0 saturated carbocycles. The third-order valence-electron chi connectivity index (χ3n) is 8.91. The van der Waals surface area contributed by atoms with Gasteiger partial charge in [-0.05, 0) is 65.6 Å². The summed E-state index contributed by atoms with van der Waals surface area (Å²) in [5.74, 6) is 2.18. The molecule has 5 atom stereocenters. The molecule has 3 aromatic carbocycles. The van der Waals surface area contributed by atoms with Gasteiger partial charge in [0.05, 0.1) is 34.0 Å². The first-order valence-electron chi connectivity index (χ1n) is 15.2. The van der Waals surface area contributed by atoms with Crippen LogP contribution in [0.3, 0.4) is 0 Å². The van der Waals surface area contributed by atoms with Crippen molar-refractivity contribution < 1.29 is 33.2 Å². The lowest BCUT2D eigenvalue weighted by Gasteiger charge is -2.45. The topological polar surface area (TPSA) is 72.5 Å². The molecule has 0 N–H and O–H groups in total.